The Kier molecular flexibility index (Phi) is 4.69. The minimum absolute atomic E-state index is 0.0919. The summed E-state index contributed by atoms with van der Waals surface area (Å²) in [5.74, 6) is -1.53. The van der Waals surface area contributed by atoms with Crippen molar-refractivity contribution >= 4 is 28.9 Å². The van der Waals surface area contributed by atoms with Crippen molar-refractivity contribution in [2.24, 2.45) is 0 Å². The molecule has 3 aromatic heterocycles. The Balaban J connectivity index is 1.47. The lowest BCUT2D eigenvalue weighted by atomic mass is 10.3. The zero-order valence-electron chi connectivity index (χ0n) is 15.0. The van der Waals surface area contributed by atoms with Crippen molar-refractivity contribution < 1.29 is 18.7 Å². The van der Waals surface area contributed by atoms with Crippen LogP contribution < -0.4 is 5.32 Å². The van der Waals surface area contributed by atoms with Crippen LogP contribution in [0.1, 0.15) is 17.4 Å². The highest BCUT2D eigenvalue weighted by atomic mass is 19.1. The summed E-state index contributed by atoms with van der Waals surface area (Å²) in [5.41, 5.74) is 1.46. The third-order valence-electron chi connectivity index (χ3n) is 4.07. The fourth-order valence-electron chi connectivity index (χ4n) is 2.61. The number of anilines is 1. The Morgan fingerprint density at radius 2 is 2.00 bits per heavy atom. The predicted octanol–water partition coefficient (Wildman–Crippen LogP) is 1.86. The number of hydrogen-bond donors (Lipinski definition) is 2. The summed E-state index contributed by atoms with van der Waals surface area (Å²) in [6, 6.07) is 5.51. The van der Waals surface area contributed by atoms with Crippen molar-refractivity contribution in [2.75, 3.05) is 5.32 Å². The number of fused-ring (bicyclic) bond motifs is 1. The van der Waals surface area contributed by atoms with Gasteiger partial charge < -0.3 is 15.0 Å². The van der Waals surface area contributed by atoms with Gasteiger partial charge in [0.05, 0.1) is 18.9 Å². The lowest BCUT2D eigenvalue weighted by Crippen LogP contribution is -2.31. The third kappa shape index (κ3) is 3.65. The van der Waals surface area contributed by atoms with Crippen molar-refractivity contribution in [3.05, 3.63) is 61.0 Å². The largest absolute Gasteiger partial charge is 0.448 e. The fraction of sp³-hybridized carbons (Fsp3) is 0.111. The molecule has 2 N–H and O–H groups in total. The van der Waals surface area contributed by atoms with E-state index >= 15 is 0 Å². The number of benzene rings is 1. The van der Waals surface area contributed by atoms with E-state index in [1.54, 1.807) is 0 Å². The summed E-state index contributed by atoms with van der Waals surface area (Å²) < 4.78 is 19.8. The molecule has 1 amide bonds. The van der Waals surface area contributed by atoms with Crippen LogP contribution in [0.2, 0.25) is 0 Å². The van der Waals surface area contributed by atoms with Gasteiger partial charge in [0.1, 0.15) is 17.7 Å². The van der Waals surface area contributed by atoms with Gasteiger partial charge in [-0.05, 0) is 31.2 Å². The van der Waals surface area contributed by atoms with E-state index in [0.29, 0.717) is 16.9 Å². The van der Waals surface area contributed by atoms with Crippen molar-refractivity contribution in [1.29, 1.82) is 0 Å². The second-order valence-corrected chi connectivity index (χ2v) is 5.99. The number of ether oxygens (including phenoxy) is 1. The summed E-state index contributed by atoms with van der Waals surface area (Å²) in [5, 5.41) is 2.57. The Labute approximate surface area is 162 Å². The Morgan fingerprint density at radius 1 is 1.21 bits per heavy atom. The molecule has 0 aliphatic rings. The van der Waals surface area contributed by atoms with E-state index in [4.69, 9.17) is 4.74 Å². The zero-order valence-corrected chi connectivity index (χ0v) is 15.0. The predicted molar refractivity (Wildman–Crippen MR) is 98.7 cm³/mol. The number of esters is 1. The SMILES string of the molecule is CC(OC(=O)c1cncn1-c1ccc(F)cc1)C(=O)Nc1ncnc2nc[nH]c12. The molecule has 0 spiro atoms. The van der Waals surface area contributed by atoms with E-state index in [9.17, 15) is 14.0 Å². The number of amides is 1. The minimum atomic E-state index is -1.12. The van der Waals surface area contributed by atoms with E-state index < -0.39 is 23.8 Å². The first-order chi connectivity index (χ1) is 14.0. The standard InChI is InChI=1S/C18H14FN7O3/c1-10(17(27)25-16-14-15(22-7-21-14)23-8-24-16)29-18(28)13-6-20-9-26(13)12-4-2-11(19)3-5-12/h2-10H,1H3,(H2,21,22,23,24,25,27). The van der Waals surface area contributed by atoms with Gasteiger partial charge in [0.2, 0.25) is 0 Å². The maximum Gasteiger partial charge on any atom is 0.357 e. The normalized spacial score (nSPS) is 11.9. The van der Waals surface area contributed by atoms with Crippen LogP contribution in [0.4, 0.5) is 10.2 Å². The van der Waals surface area contributed by atoms with E-state index in [-0.39, 0.29) is 11.5 Å². The van der Waals surface area contributed by atoms with Gasteiger partial charge in [0, 0.05) is 5.69 Å². The number of imidazole rings is 2. The number of carbonyl (C=O) groups is 2. The Hall–Kier alpha value is -4.15. The number of aromatic nitrogens is 6. The molecule has 29 heavy (non-hydrogen) atoms. The fourth-order valence-corrected chi connectivity index (χ4v) is 2.61. The van der Waals surface area contributed by atoms with Crippen molar-refractivity contribution in [1.82, 2.24) is 29.5 Å². The van der Waals surface area contributed by atoms with Crippen LogP contribution >= 0.6 is 0 Å². The first kappa shape index (κ1) is 18.2. The molecule has 3 heterocycles. The quantitative estimate of drug-likeness (QED) is 0.494. The molecular formula is C18H14FN7O3. The van der Waals surface area contributed by atoms with Gasteiger partial charge in [-0.25, -0.2) is 29.1 Å². The molecule has 4 aromatic rings. The first-order valence-electron chi connectivity index (χ1n) is 8.47. The topological polar surface area (TPSA) is 128 Å². The second kappa shape index (κ2) is 7.46. The van der Waals surface area contributed by atoms with E-state index in [2.05, 4.69) is 30.2 Å². The highest BCUT2D eigenvalue weighted by Crippen LogP contribution is 2.16. The molecule has 4 rings (SSSR count). The van der Waals surface area contributed by atoms with Crippen LogP contribution in [0, 0.1) is 5.82 Å². The van der Waals surface area contributed by atoms with Gasteiger partial charge in [0.15, 0.2) is 23.3 Å². The maximum atomic E-state index is 13.1. The second-order valence-electron chi connectivity index (χ2n) is 5.99. The minimum Gasteiger partial charge on any atom is -0.448 e. The number of halogens is 1. The summed E-state index contributed by atoms with van der Waals surface area (Å²) >= 11 is 0. The van der Waals surface area contributed by atoms with E-state index in [0.717, 1.165) is 0 Å². The molecule has 1 atom stereocenters. The maximum absolute atomic E-state index is 13.1. The average Bonchev–Trinajstić information content (AvgIpc) is 3.38. The summed E-state index contributed by atoms with van der Waals surface area (Å²) in [7, 11) is 0. The van der Waals surface area contributed by atoms with Gasteiger partial charge in [-0.1, -0.05) is 0 Å². The zero-order chi connectivity index (χ0) is 20.4. The van der Waals surface area contributed by atoms with Gasteiger partial charge in [-0.2, -0.15) is 0 Å². The summed E-state index contributed by atoms with van der Waals surface area (Å²) in [4.78, 5) is 43.6. The summed E-state index contributed by atoms with van der Waals surface area (Å²) in [6.07, 6.45) is 4.26. The molecule has 0 radical (unpaired) electrons. The lowest BCUT2D eigenvalue weighted by Gasteiger charge is -2.14. The molecule has 11 heteroatoms. The molecule has 1 unspecified atom stereocenters. The molecule has 0 saturated carbocycles. The molecule has 146 valence electrons. The van der Waals surface area contributed by atoms with Gasteiger partial charge >= 0.3 is 5.97 Å². The van der Waals surface area contributed by atoms with E-state index in [1.165, 1.54) is 60.9 Å². The molecule has 0 aliphatic carbocycles. The first-order valence-corrected chi connectivity index (χ1v) is 8.47. The number of nitrogens with one attached hydrogen (secondary N) is 2. The smallest absolute Gasteiger partial charge is 0.357 e. The number of aromatic amines is 1. The van der Waals surface area contributed by atoms with Crippen molar-refractivity contribution in [2.45, 2.75) is 13.0 Å². The number of nitrogens with zero attached hydrogens (tertiary/aromatic N) is 5. The number of carbonyl (C=O) groups excluding carboxylic acids is 2. The monoisotopic (exact) mass is 395 g/mol. The van der Waals surface area contributed by atoms with Crippen LogP contribution in [0.5, 0.6) is 0 Å². The van der Waals surface area contributed by atoms with Crippen LogP contribution in [0.25, 0.3) is 16.9 Å². The van der Waals surface area contributed by atoms with Crippen molar-refractivity contribution in [3.63, 3.8) is 0 Å². The molecule has 0 aliphatic heterocycles. The Bertz CT molecular complexity index is 1190. The molecule has 10 nitrogen and oxygen atoms in total. The van der Waals surface area contributed by atoms with Crippen LogP contribution in [-0.2, 0) is 9.53 Å². The van der Waals surface area contributed by atoms with Gasteiger partial charge in [0.25, 0.3) is 5.91 Å². The molecule has 0 saturated heterocycles. The van der Waals surface area contributed by atoms with Gasteiger partial charge in [-0.3, -0.25) is 9.36 Å². The molecule has 0 fully saturated rings. The molecule has 0 bridgehead atoms. The van der Waals surface area contributed by atoms with Crippen LogP contribution in [0.3, 0.4) is 0 Å². The van der Waals surface area contributed by atoms with E-state index in [1.807, 2.05) is 0 Å². The highest BCUT2D eigenvalue weighted by Gasteiger charge is 2.23. The average molecular weight is 395 g/mol. The third-order valence-corrected chi connectivity index (χ3v) is 4.07. The number of rotatable bonds is 5. The lowest BCUT2D eigenvalue weighted by molar-refractivity contribution is -0.123. The molecular weight excluding hydrogens is 381 g/mol. The highest BCUT2D eigenvalue weighted by molar-refractivity contribution is 6.00. The number of H-pyrrole nitrogens is 1. The van der Waals surface area contributed by atoms with Crippen molar-refractivity contribution in [3.8, 4) is 5.69 Å². The number of hydrogen-bond acceptors (Lipinski definition) is 7. The molecule has 1 aromatic carbocycles. The van der Waals surface area contributed by atoms with Crippen LogP contribution in [0.15, 0.2) is 49.4 Å². The van der Waals surface area contributed by atoms with Gasteiger partial charge in [-0.15, -0.1) is 0 Å². The Morgan fingerprint density at radius 3 is 2.79 bits per heavy atom. The van der Waals surface area contributed by atoms with Crippen LogP contribution in [-0.4, -0.2) is 47.5 Å². The summed E-state index contributed by atoms with van der Waals surface area (Å²) in [6.45, 7) is 1.43.